The average molecular weight is 112 g/mol. The standard InChI is InChI=1S/C6H12N2/c1-5(3-7)6(2)4-8/h5-6H,3,7H2,1-2H3/t5-,6-/m0/s1. The second-order valence-corrected chi connectivity index (χ2v) is 2.13. The van der Waals surface area contributed by atoms with E-state index in [1.165, 1.54) is 0 Å². The summed E-state index contributed by atoms with van der Waals surface area (Å²) in [4.78, 5) is 0. The number of hydrogen-bond acceptors (Lipinski definition) is 2. The molecule has 0 aliphatic heterocycles. The second-order valence-electron chi connectivity index (χ2n) is 2.13. The molecule has 0 unspecified atom stereocenters. The van der Waals surface area contributed by atoms with E-state index in [1.807, 2.05) is 13.8 Å². The Bertz CT molecular complexity index is 93.2. The second kappa shape index (κ2) is 3.45. The van der Waals surface area contributed by atoms with Crippen molar-refractivity contribution < 1.29 is 0 Å². The summed E-state index contributed by atoms with van der Waals surface area (Å²) < 4.78 is 0. The molecular weight excluding hydrogens is 100 g/mol. The van der Waals surface area contributed by atoms with Crippen LogP contribution in [0.1, 0.15) is 13.8 Å². The Balaban J connectivity index is 3.49. The lowest BCUT2D eigenvalue weighted by molar-refractivity contribution is 0.480. The zero-order valence-corrected chi connectivity index (χ0v) is 5.39. The van der Waals surface area contributed by atoms with Gasteiger partial charge in [-0.15, -0.1) is 0 Å². The lowest BCUT2D eigenvalue weighted by atomic mass is 9.98. The van der Waals surface area contributed by atoms with E-state index in [0.29, 0.717) is 12.5 Å². The number of nitrogens with two attached hydrogens (primary N) is 1. The topological polar surface area (TPSA) is 49.8 Å². The van der Waals surface area contributed by atoms with Crippen molar-refractivity contribution in [3.63, 3.8) is 0 Å². The van der Waals surface area contributed by atoms with Crippen LogP contribution < -0.4 is 5.73 Å². The summed E-state index contributed by atoms with van der Waals surface area (Å²) in [5.74, 6) is 0.431. The van der Waals surface area contributed by atoms with Crippen LogP contribution in [0.5, 0.6) is 0 Å². The Morgan fingerprint density at radius 3 is 2.25 bits per heavy atom. The highest BCUT2D eigenvalue weighted by Crippen LogP contribution is 2.05. The molecule has 2 N–H and O–H groups in total. The molecule has 0 aromatic carbocycles. The third-order valence-corrected chi connectivity index (χ3v) is 1.43. The van der Waals surface area contributed by atoms with Gasteiger partial charge in [0.05, 0.1) is 6.07 Å². The first-order chi connectivity index (χ1) is 3.72. The third-order valence-electron chi connectivity index (χ3n) is 1.43. The van der Waals surface area contributed by atoms with Crippen molar-refractivity contribution in [2.24, 2.45) is 17.6 Å². The first-order valence-electron chi connectivity index (χ1n) is 2.82. The van der Waals surface area contributed by atoms with Crippen molar-refractivity contribution in [2.45, 2.75) is 13.8 Å². The van der Waals surface area contributed by atoms with Gasteiger partial charge in [-0.05, 0) is 19.4 Å². The van der Waals surface area contributed by atoms with E-state index in [4.69, 9.17) is 11.0 Å². The Labute approximate surface area is 50.3 Å². The maximum atomic E-state index is 8.33. The van der Waals surface area contributed by atoms with Crippen molar-refractivity contribution >= 4 is 0 Å². The molecule has 8 heavy (non-hydrogen) atoms. The molecule has 0 fully saturated rings. The molecule has 0 aliphatic carbocycles. The SMILES string of the molecule is C[C@@H](C#N)[C@@H](C)CN. The minimum atomic E-state index is 0.0972. The summed E-state index contributed by atoms with van der Waals surface area (Å²) in [5, 5.41) is 8.33. The van der Waals surface area contributed by atoms with Gasteiger partial charge >= 0.3 is 0 Å². The molecule has 0 heterocycles. The summed E-state index contributed by atoms with van der Waals surface area (Å²) in [6, 6.07) is 2.14. The average Bonchev–Trinajstić information content (AvgIpc) is 1.84. The van der Waals surface area contributed by atoms with Crippen molar-refractivity contribution in [2.75, 3.05) is 6.54 Å². The fourth-order valence-electron chi connectivity index (χ4n) is 0.331. The van der Waals surface area contributed by atoms with Crippen LogP contribution in [0.25, 0.3) is 0 Å². The highest BCUT2D eigenvalue weighted by atomic mass is 14.5. The lowest BCUT2D eigenvalue weighted by Crippen LogP contribution is -2.16. The molecule has 0 saturated carbocycles. The van der Waals surface area contributed by atoms with Crippen LogP contribution in [0.2, 0.25) is 0 Å². The molecule has 2 atom stereocenters. The van der Waals surface area contributed by atoms with Crippen molar-refractivity contribution in [3.8, 4) is 6.07 Å². The number of nitrogens with zero attached hydrogens (tertiary/aromatic N) is 1. The molecule has 0 amide bonds. The highest BCUT2D eigenvalue weighted by molar-refractivity contribution is 4.82. The molecule has 0 rings (SSSR count). The summed E-state index contributed by atoms with van der Waals surface area (Å²) in [6.07, 6.45) is 0. The summed E-state index contributed by atoms with van der Waals surface area (Å²) in [5.41, 5.74) is 5.30. The normalized spacial score (nSPS) is 16.8. The molecule has 2 heteroatoms. The van der Waals surface area contributed by atoms with E-state index in [0.717, 1.165) is 0 Å². The minimum Gasteiger partial charge on any atom is -0.330 e. The van der Waals surface area contributed by atoms with Crippen molar-refractivity contribution in [3.05, 3.63) is 0 Å². The molecule has 0 aromatic heterocycles. The van der Waals surface area contributed by atoms with Gasteiger partial charge in [-0.2, -0.15) is 5.26 Å². The van der Waals surface area contributed by atoms with Gasteiger partial charge in [-0.1, -0.05) is 6.92 Å². The first-order valence-corrected chi connectivity index (χ1v) is 2.82. The summed E-state index contributed by atoms with van der Waals surface area (Å²) in [6.45, 7) is 4.47. The molecule has 0 aromatic rings. The molecule has 0 saturated heterocycles. The maximum Gasteiger partial charge on any atom is 0.0656 e. The monoisotopic (exact) mass is 112 g/mol. The number of rotatable bonds is 2. The van der Waals surface area contributed by atoms with Crippen LogP contribution in [-0.4, -0.2) is 6.54 Å². The van der Waals surface area contributed by atoms with E-state index < -0.39 is 0 Å². The zero-order valence-electron chi connectivity index (χ0n) is 5.39. The van der Waals surface area contributed by atoms with Gasteiger partial charge < -0.3 is 5.73 Å². The van der Waals surface area contributed by atoms with Crippen LogP contribution in [0.4, 0.5) is 0 Å². The lowest BCUT2D eigenvalue weighted by Gasteiger charge is -2.07. The van der Waals surface area contributed by atoms with E-state index in [-0.39, 0.29) is 5.92 Å². The summed E-state index contributed by atoms with van der Waals surface area (Å²) in [7, 11) is 0. The van der Waals surface area contributed by atoms with Crippen LogP contribution in [0.3, 0.4) is 0 Å². The highest BCUT2D eigenvalue weighted by Gasteiger charge is 2.07. The quantitative estimate of drug-likeness (QED) is 0.572. The van der Waals surface area contributed by atoms with Crippen LogP contribution in [0, 0.1) is 23.2 Å². The third kappa shape index (κ3) is 1.94. The molecule has 0 aliphatic rings. The molecule has 46 valence electrons. The Kier molecular flexibility index (Phi) is 3.21. The summed E-state index contributed by atoms with van der Waals surface area (Å²) >= 11 is 0. The molecular formula is C6H12N2. The van der Waals surface area contributed by atoms with Crippen LogP contribution in [0.15, 0.2) is 0 Å². The fourth-order valence-corrected chi connectivity index (χ4v) is 0.331. The van der Waals surface area contributed by atoms with Crippen LogP contribution >= 0.6 is 0 Å². The van der Waals surface area contributed by atoms with Gasteiger partial charge in [-0.3, -0.25) is 0 Å². The van der Waals surface area contributed by atoms with E-state index >= 15 is 0 Å². The predicted octanol–water partition coefficient (Wildman–Crippen LogP) is 0.741. The zero-order chi connectivity index (χ0) is 6.57. The van der Waals surface area contributed by atoms with Gasteiger partial charge in [-0.25, -0.2) is 0 Å². The Morgan fingerprint density at radius 1 is 1.62 bits per heavy atom. The fraction of sp³-hybridized carbons (Fsp3) is 0.833. The maximum absolute atomic E-state index is 8.33. The van der Waals surface area contributed by atoms with E-state index in [2.05, 4.69) is 6.07 Å². The Morgan fingerprint density at radius 2 is 2.12 bits per heavy atom. The van der Waals surface area contributed by atoms with Gasteiger partial charge in [0.1, 0.15) is 0 Å². The Hall–Kier alpha value is -0.550. The van der Waals surface area contributed by atoms with Crippen molar-refractivity contribution in [1.82, 2.24) is 0 Å². The van der Waals surface area contributed by atoms with Crippen LogP contribution in [-0.2, 0) is 0 Å². The smallest absolute Gasteiger partial charge is 0.0656 e. The molecule has 0 bridgehead atoms. The largest absolute Gasteiger partial charge is 0.330 e. The minimum absolute atomic E-state index is 0.0972. The van der Waals surface area contributed by atoms with Gasteiger partial charge in [0, 0.05) is 5.92 Å². The molecule has 0 spiro atoms. The van der Waals surface area contributed by atoms with E-state index in [9.17, 15) is 0 Å². The van der Waals surface area contributed by atoms with Crippen molar-refractivity contribution in [1.29, 1.82) is 5.26 Å². The predicted molar refractivity (Wildman–Crippen MR) is 33.0 cm³/mol. The van der Waals surface area contributed by atoms with Gasteiger partial charge in [0.2, 0.25) is 0 Å². The van der Waals surface area contributed by atoms with Gasteiger partial charge in [0.25, 0.3) is 0 Å². The molecule has 0 radical (unpaired) electrons. The first kappa shape index (κ1) is 7.45. The van der Waals surface area contributed by atoms with Gasteiger partial charge in [0.15, 0.2) is 0 Å². The number of nitriles is 1. The number of hydrogen-bond donors (Lipinski definition) is 1. The molecule has 2 nitrogen and oxygen atoms in total. The van der Waals surface area contributed by atoms with E-state index in [1.54, 1.807) is 0 Å².